The third-order valence-electron chi connectivity index (χ3n) is 4.34. The third-order valence-corrected chi connectivity index (χ3v) is 5.19. The quantitative estimate of drug-likeness (QED) is 0.418. The number of aryl methyl sites for hydroxylation is 1. The molecule has 0 bridgehead atoms. The maximum Gasteiger partial charge on any atom is 0.124 e. The van der Waals surface area contributed by atoms with Gasteiger partial charge in [0.25, 0.3) is 0 Å². The Labute approximate surface area is 161 Å². The van der Waals surface area contributed by atoms with Crippen molar-refractivity contribution in [3.63, 3.8) is 0 Å². The first-order chi connectivity index (χ1) is 12.3. The lowest BCUT2D eigenvalue weighted by atomic mass is 10.0. The van der Waals surface area contributed by atoms with E-state index in [0.717, 1.165) is 18.0 Å². The van der Waals surface area contributed by atoms with Crippen LogP contribution < -0.4 is 5.73 Å². The van der Waals surface area contributed by atoms with Crippen LogP contribution in [0.3, 0.4) is 0 Å². The standard InChI is InChI=1S/C14H31N.C7H8O3S/c1-14(2)12-10-8-6-4-3-5-7-9-11-13-15;1-6-2-4-7(5-3-6)11(8,9)10/h14H,3-13,15H2,1-2H3;2-5H,1H3,(H,8,9,10). The highest BCUT2D eigenvalue weighted by atomic mass is 32.2. The lowest BCUT2D eigenvalue weighted by molar-refractivity contribution is -0.368. The Hall–Kier alpha value is -0.910. The summed E-state index contributed by atoms with van der Waals surface area (Å²) in [4.78, 5) is -0.178. The largest absolute Gasteiger partial charge is 0.744 e. The molecule has 152 valence electrons. The highest BCUT2D eigenvalue weighted by Crippen LogP contribution is 2.12. The van der Waals surface area contributed by atoms with Crippen molar-refractivity contribution < 1.29 is 18.7 Å². The van der Waals surface area contributed by atoms with Crippen LogP contribution >= 0.6 is 0 Å². The van der Waals surface area contributed by atoms with E-state index in [9.17, 15) is 13.0 Å². The molecule has 0 atom stereocenters. The third kappa shape index (κ3) is 15.4. The van der Waals surface area contributed by atoms with Crippen molar-refractivity contribution in [2.24, 2.45) is 5.92 Å². The Bertz CT molecular complexity index is 539. The lowest BCUT2D eigenvalue weighted by Crippen LogP contribution is -2.50. The van der Waals surface area contributed by atoms with E-state index < -0.39 is 10.1 Å². The van der Waals surface area contributed by atoms with Crippen LogP contribution in [-0.2, 0) is 10.1 Å². The number of hydrogen-bond donors (Lipinski definition) is 1. The van der Waals surface area contributed by atoms with Gasteiger partial charge >= 0.3 is 0 Å². The second-order valence-electron chi connectivity index (χ2n) is 7.49. The van der Waals surface area contributed by atoms with Gasteiger partial charge in [-0.25, -0.2) is 8.42 Å². The van der Waals surface area contributed by atoms with Gasteiger partial charge in [-0.2, -0.15) is 0 Å². The van der Waals surface area contributed by atoms with E-state index >= 15 is 0 Å². The molecule has 0 aliphatic heterocycles. The molecule has 26 heavy (non-hydrogen) atoms. The van der Waals surface area contributed by atoms with Crippen LogP contribution in [0.4, 0.5) is 0 Å². The van der Waals surface area contributed by atoms with Gasteiger partial charge in [0, 0.05) is 0 Å². The van der Waals surface area contributed by atoms with Gasteiger partial charge in [-0.1, -0.05) is 82.9 Å². The number of hydrogen-bond acceptors (Lipinski definition) is 3. The zero-order valence-corrected chi connectivity index (χ0v) is 17.8. The molecule has 0 unspecified atom stereocenters. The topological polar surface area (TPSA) is 84.8 Å². The summed E-state index contributed by atoms with van der Waals surface area (Å²) in [6, 6.07) is 5.78. The molecule has 0 fully saturated rings. The fourth-order valence-corrected chi connectivity index (χ4v) is 3.14. The molecule has 1 aromatic carbocycles. The van der Waals surface area contributed by atoms with Crippen molar-refractivity contribution in [3.05, 3.63) is 29.8 Å². The van der Waals surface area contributed by atoms with Crippen LogP contribution in [0.25, 0.3) is 0 Å². The Morgan fingerprint density at radius 1 is 0.846 bits per heavy atom. The van der Waals surface area contributed by atoms with Crippen LogP contribution in [0.2, 0.25) is 0 Å². The zero-order chi connectivity index (χ0) is 19.8. The van der Waals surface area contributed by atoms with Gasteiger partial charge in [-0.05, 0) is 37.8 Å². The fourth-order valence-electron chi connectivity index (χ4n) is 2.67. The van der Waals surface area contributed by atoms with Gasteiger partial charge in [0.15, 0.2) is 0 Å². The monoisotopic (exact) mass is 385 g/mol. The first-order valence-electron chi connectivity index (χ1n) is 10.1. The summed E-state index contributed by atoms with van der Waals surface area (Å²) in [6.07, 6.45) is 14.3. The molecule has 0 aromatic heterocycles. The minimum Gasteiger partial charge on any atom is -0.744 e. The second kappa shape index (κ2) is 15.2. The maximum absolute atomic E-state index is 10.4. The van der Waals surface area contributed by atoms with Crippen molar-refractivity contribution in [1.29, 1.82) is 0 Å². The minimum atomic E-state index is -4.27. The van der Waals surface area contributed by atoms with Crippen LogP contribution in [0.15, 0.2) is 29.2 Å². The molecule has 0 aliphatic carbocycles. The molecule has 1 aromatic rings. The number of benzene rings is 1. The van der Waals surface area contributed by atoms with Crippen molar-refractivity contribution in [2.75, 3.05) is 6.54 Å². The van der Waals surface area contributed by atoms with Gasteiger partial charge in [0.2, 0.25) is 0 Å². The van der Waals surface area contributed by atoms with Crippen LogP contribution in [0.1, 0.15) is 83.6 Å². The SMILES string of the molecule is CC(C)CCCCCCCCCCC[NH3+].Cc1ccc(S(=O)(=O)[O-])cc1. The van der Waals surface area contributed by atoms with Crippen molar-refractivity contribution >= 4 is 10.1 Å². The van der Waals surface area contributed by atoms with E-state index in [4.69, 9.17) is 0 Å². The predicted octanol–water partition coefficient (Wildman–Crippen LogP) is 4.68. The number of quaternary nitrogens is 1. The van der Waals surface area contributed by atoms with E-state index in [2.05, 4.69) is 19.6 Å². The Morgan fingerprint density at radius 2 is 1.27 bits per heavy atom. The van der Waals surface area contributed by atoms with E-state index in [0.29, 0.717) is 0 Å². The van der Waals surface area contributed by atoms with Gasteiger partial charge in [-0.15, -0.1) is 0 Å². The summed E-state index contributed by atoms with van der Waals surface area (Å²) in [5, 5.41) is 0. The van der Waals surface area contributed by atoms with E-state index in [1.165, 1.54) is 76.3 Å². The molecule has 0 saturated carbocycles. The van der Waals surface area contributed by atoms with Gasteiger partial charge in [-0.3, -0.25) is 0 Å². The molecule has 0 amide bonds. The summed E-state index contributed by atoms with van der Waals surface area (Å²) in [7, 11) is -4.27. The molecule has 0 saturated heterocycles. The molecule has 1 rings (SSSR count). The zero-order valence-electron chi connectivity index (χ0n) is 17.0. The van der Waals surface area contributed by atoms with Crippen molar-refractivity contribution in [1.82, 2.24) is 0 Å². The molecule has 3 N–H and O–H groups in total. The lowest BCUT2D eigenvalue weighted by Gasteiger charge is -2.05. The minimum absolute atomic E-state index is 0.178. The average molecular weight is 386 g/mol. The molecular formula is C21H39NO3S. The number of unbranched alkanes of at least 4 members (excludes halogenated alkanes) is 8. The molecular weight excluding hydrogens is 346 g/mol. The second-order valence-corrected chi connectivity index (χ2v) is 8.86. The van der Waals surface area contributed by atoms with Gasteiger partial charge < -0.3 is 10.3 Å². The molecule has 0 radical (unpaired) electrons. The first kappa shape index (κ1) is 25.1. The Kier molecular flexibility index (Phi) is 14.6. The first-order valence-corrected chi connectivity index (χ1v) is 11.5. The summed E-state index contributed by atoms with van der Waals surface area (Å²) in [5.74, 6) is 0.896. The Balaban J connectivity index is 0.000000502. The average Bonchev–Trinajstić information content (AvgIpc) is 2.56. The van der Waals surface area contributed by atoms with E-state index in [1.54, 1.807) is 12.1 Å². The summed E-state index contributed by atoms with van der Waals surface area (Å²) < 4.78 is 31.2. The molecule has 5 heteroatoms. The Morgan fingerprint density at radius 3 is 1.65 bits per heavy atom. The predicted molar refractivity (Wildman–Crippen MR) is 108 cm³/mol. The van der Waals surface area contributed by atoms with Crippen molar-refractivity contribution in [3.8, 4) is 0 Å². The van der Waals surface area contributed by atoms with Crippen molar-refractivity contribution in [2.45, 2.75) is 89.9 Å². The van der Waals surface area contributed by atoms with Gasteiger partial charge in [0.05, 0.1) is 11.4 Å². The van der Waals surface area contributed by atoms with Crippen LogP contribution in [0.5, 0.6) is 0 Å². The van der Waals surface area contributed by atoms with Crippen LogP contribution in [0, 0.1) is 12.8 Å². The fraction of sp³-hybridized carbons (Fsp3) is 0.714. The molecule has 0 spiro atoms. The number of rotatable bonds is 12. The molecule has 0 heterocycles. The summed E-state index contributed by atoms with van der Waals surface area (Å²) >= 11 is 0. The summed E-state index contributed by atoms with van der Waals surface area (Å²) in [6.45, 7) is 7.58. The van der Waals surface area contributed by atoms with E-state index in [1.807, 2.05) is 6.92 Å². The van der Waals surface area contributed by atoms with Crippen LogP contribution in [-0.4, -0.2) is 19.5 Å². The molecule has 4 nitrogen and oxygen atoms in total. The summed E-state index contributed by atoms with van der Waals surface area (Å²) in [5.41, 5.74) is 4.80. The van der Waals surface area contributed by atoms with Gasteiger partial charge in [0.1, 0.15) is 10.1 Å². The van der Waals surface area contributed by atoms with E-state index in [-0.39, 0.29) is 4.90 Å². The highest BCUT2D eigenvalue weighted by molar-refractivity contribution is 7.85. The smallest absolute Gasteiger partial charge is 0.124 e. The maximum atomic E-state index is 10.4. The normalized spacial score (nSPS) is 11.3. The highest BCUT2D eigenvalue weighted by Gasteiger charge is 1.98. The molecule has 0 aliphatic rings.